The summed E-state index contributed by atoms with van der Waals surface area (Å²) in [5.74, 6) is -3.17. The van der Waals surface area contributed by atoms with Gasteiger partial charge in [0, 0.05) is 24.8 Å². The molecule has 0 saturated carbocycles. The van der Waals surface area contributed by atoms with Crippen LogP contribution in [0.5, 0.6) is 5.75 Å². The van der Waals surface area contributed by atoms with E-state index in [9.17, 15) is 27.5 Å². The molecule has 12 heteroatoms. The van der Waals surface area contributed by atoms with Gasteiger partial charge in [-0.3, -0.25) is 14.6 Å². The highest BCUT2D eigenvalue weighted by Crippen LogP contribution is 2.35. The fraction of sp³-hybridized carbons (Fsp3) is 0.350. The van der Waals surface area contributed by atoms with Crippen LogP contribution in [0.1, 0.15) is 12.8 Å². The van der Waals surface area contributed by atoms with Gasteiger partial charge in [-0.1, -0.05) is 6.07 Å². The molecule has 1 aliphatic rings. The molecule has 0 aliphatic carbocycles. The Kier molecular flexibility index (Phi) is 7.06. The molecule has 2 aromatic rings. The van der Waals surface area contributed by atoms with E-state index in [2.05, 4.69) is 4.98 Å². The van der Waals surface area contributed by atoms with E-state index in [1.807, 2.05) is 4.72 Å². The number of hydrogen-bond acceptors (Lipinski definition) is 7. The maximum absolute atomic E-state index is 14.4. The maximum Gasteiger partial charge on any atom is 0.250 e. The lowest BCUT2D eigenvalue weighted by atomic mass is 10.1. The second-order valence-corrected chi connectivity index (χ2v) is 8.90. The first-order chi connectivity index (χ1) is 15.1. The average molecular weight is 466 g/mol. The van der Waals surface area contributed by atoms with Gasteiger partial charge in [0.25, 0.3) is 0 Å². The first-order valence-electron chi connectivity index (χ1n) is 9.71. The van der Waals surface area contributed by atoms with E-state index >= 15 is 0 Å². The number of methoxy groups -OCH3 is 1. The quantitative estimate of drug-likeness (QED) is 0.486. The molecular formula is C20H23FN4O6S. The highest BCUT2D eigenvalue weighted by molar-refractivity contribution is 7.89. The van der Waals surface area contributed by atoms with E-state index in [1.54, 1.807) is 18.2 Å². The summed E-state index contributed by atoms with van der Waals surface area (Å²) in [7, 11) is -3.43. The summed E-state index contributed by atoms with van der Waals surface area (Å²) < 4.78 is 47.8. The number of hydrogen-bond donors (Lipinski definition) is 3. The molecule has 1 aliphatic heterocycles. The van der Waals surface area contributed by atoms with Gasteiger partial charge in [0.2, 0.25) is 21.8 Å². The van der Waals surface area contributed by atoms with Gasteiger partial charge < -0.3 is 20.5 Å². The zero-order chi connectivity index (χ0) is 23.5. The van der Waals surface area contributed by atoms with E-state index in [4.69, 9.17) is 10.5 Å². The normalized spacial score (nSPS) is 15.9. The Morgan fingerprint density at radius 3 is 2.56 bits per heavy atom. The van der Waals surface area contributed by atoms with Gasteiger partial charge in [0.15, 0.2) is 6.04 Å². The first-order valence-corrected chi connectivity index (χ1v) is 11.2. The Morgan fingerprint density at radius 2 is 2.00 bits per heavy atom. The van der Waals surface area contributed by atoms with Crippen molar-refractivity contribution in [2.24, 2.45) is 5.73 Å². The van der Waals surface area contributed by atoms with Crippen LogP contribution >= 0.6 is 0 Å². The second-order valence-electron chi connectivity index (χ2n) is 7.21. The average Bonchev–Trinajstić information content (AvgIpc) is 2.77. The molecule has 0 bridgehead atoms. The van der Waals surface area contributed by atoms with E-state index in [0.717, 1.165) is 6.07 Å². The number of ether oxygens (including phenoxy) is 1. The van der Waals surface area contributed by atoms with Gasteiger partial charge >= 0.3 is 0 Å². The summed E-state index contributed by atoms with van der Waals surface area (Å²) in [4.78, 5) is 29.4. The summed E-state index contributed by atoms with van der Waals surface area (Å²) in [6, 6.07) is 4.68. The van der Waals surface area contributed by atoms with Gasteiger partial charge in [-0.2, -0.15) is 4.72 Å². The Hall–Kier alpha value is -3.09. The Bertz CT molecular complexity index is 1100. The fourth-order valence-electron chi connectivity index (χ4n) is 3.41. The molecule has 0 spiro atoms. The van der Waals surface area contributed by atoms with Crippen molar-refractivity contribution < 1.29 is 32.2 Å². The number of benzene rings is 1. The summed E-state index contributed by atoms with van der Waals surface area (Å²) in [6.45, 7) is 0.275. The lowest BCUT2D eigenvalue weighted by Crippen LogP contribution is -2.56. The Balaban J connectivity index is 1.98. The first kappa shape index (κ1) is 23.6. The molecule has 32 heavy (non-hydrogen) atoms. The minimum Gasteiger partial charge on any atom is -0.495 e. The number of nitrogens with zero attached hydrogens (tertiary/aromatic N) is 2. The summed E-state index contributed by atoms with van der Waals surface area (Å²) in [6.07, 6.45) is 1.44. The minimum absolute atomic E-state index is 0.0699. The zero-order valence-electron chi connectivity index (χ0n) is 17.2. The summed E-state index contributed by atoms with van der Waals surface area (Å²) >= 11 is 0. The van der Waals surface area contributed by atoms with Crippen molar-refractivity contribution in [3.05, 3.63) is 42.3 Å². The van der Waals surface area contributed by atoms with Crippen molar-refractivity contribution in [1.29, 1.82) is 0 Å². The molecular weight excluding hydrogens is 443 g/mol. The number of aliphatic hydroxyl groups excluding tert-OH is 1. The number of aliphatic hydroxyl groups is 1. The monoisotopic (exact) mass is 466 g/mol. The van der Waals surface area contributed by atoms with Crippen molar-refractivity contribution in [3.8, 4) is 17.0 Å². The van der Waals surface area contributed by atoms with Gasteiger partial charge in [0.1, 0.15) is 16.5 Å². The number of primary amides is 1. The molecule has 2 amide bonds. The molecule has 0 radical (unpaired) electrons. The summed E-state index contributed by atoms with van der Waals surface area (Å²) in [5, 5.41) is 9.60. The van der Waals surface area contributed by atoms with E-state index in [1.165, 1.54) is 18.2 Å². The third-order valence-corrected chi connectivity index (χ3v) is 6.46. The van der Waals surface area contributed by atoms with Crippen LogP contribution in [0.2, 0.25) is 0 Å². The Morgan fingerprint density at radius 1 is 1.31 bits per heavy atom. The number of halogens is 1. The van der Waals surface area contributed by atoms with Crippen molar-refractivity contribution in [3.63, 3.8) is 0 Å². The van der Waals surface area contributed by atoms with E-state index in [0.29, 0.717) is 6.07 Å². The molecule has 1 atom stereocenters. The number of pyridine rings is 1. The zero-order valence-corrected chi connectivity index (χ0v) is 18.0. The number of carbonyl (C=O) groups excluding carboxylic acids is 2. The maximum atomic E-state index is 14.4. The lowest BCUT2D eigenvalue weighted by Gasteiger charge is -2.31. The molecule has 0 unspecified atom stereocenters. The predicted octanol–water partition coefficient (Wildman–Crippen LogP) is 0.0118. The van der Waals surface area contributed by atoms with Gasteiger partial charge in [0.05, 0.1) is 18.9 Å². The van der Waals surface area contributed by atoms with Crippen LogP contribution in [0.3, 0.4) is 0 Å². The Labute approximate surface area is 184 Å². The van der Waals surface area contributed by atoms with E-state index < -0.39 is 44.7 Å². The molecule has 1 aromatic carbocycles. The lowest BCUT2D eigenvalue weighted by molar-refractivity contribution is -0.139. The van der Waals surface area contributed by atoms with Crippen LogP contribution in [0, 0.1) is 5.82 Å². The standard InChI is InChI=1S/C20H23FN4O6S/c1-31-18-14(15-4-2-3-7-23-15)10-12(21)11-16(18)32(29,30)24-17(19(22)27)20(28)25-8-5-13(26)6-9-25/h2-4,7,10-11,13,17,24,26H,5-6,8-9H2,1H3,(H2,22,27)/t17-/m0/s1. The van der Waals surface area contributed by atoms with Crippen LogP contribution in [-0.2, 0) is 19.6 Å². The van der Waals surface area contributed by atoms with Crippen molar-refractivity contribution in [2.75, 3.05) is 20.2 Å². The topological polar surface area (TPSA) is 152 Å². The van der Waals surface area contributed by atoms with Gasteiger partial charge in [-0.25, -0.2) is 12.8 Å². The number of sulfonamides is 1. The van der Waals surface area contributed by atoms with Crippen molar-refractivity contribution in [2.45, 2.75) is 29.9 Å². The van der Waals surface area contributed by atoms with Crippen LogP contribution in [0.15, 0.2) is 41.4 Å². The fourth-order valence-corrected chi connectivity index (χ4v) is 4.77. The van der Waals surface area contributed by atoms with Crippen molar-refractivity contribution in [1.82, 2.24) is 14.6 Å². The van der Waals surface area contributed by atoms with Crippen LogP contribution < -0.4 is 15.2 Å². The van der Waals surface area contributed by atoms with Crippen molar-refractivity contribution >= 4 is 21.8 Å². The van der Waals surface area contributed by atoms with Crippen LogP contribution in [0.25, 0.3) is 11.3 Å². The summed E-state index contributed by atoms with van der Waals surface area (Å²) in [5.41, 5.74) is 5.63. The number of likely N-dealkylation sites (tertiary alicyclic amines) is 1. The number of rotatable bonds is 7. The third kappa shape index (κ3) is 5.03. The van der Waals surface area contributed by atoms with Gasteiger partial charge in [-0.15, -0.1) is 0 Å². The third-order valence-electron chi connectivity index (χ3n) is 5.03. The number of amides is 2. The molecule has 10 nitrogen and oxygen atoms in total. The minimum atomic E-state index is -4.64. The number of nitrogens with two attached hydrogens (primary N) is 1. The van der Waals surface area contributed by atoms with Gasteiger partial charge in [-0.05, 0) is 37.1 Å². The molecule has 1 fully saturated rings. The molecule has 172 valence electrons. The largest absolute Gasteiger partial charge is 0.495 e. The highest BCUT2D eigenvalue weighted by atomic mass is 32.2. The predicted molar refractivity (Wildman–Crippen MR) is 111 cm³/mol. The molecule has 1 aromatic heterocycles. The number of aromatic nitrogens is 1. The van der Waals surface area contributed by atoms with Crippen LogP contribution in [-0.4, -0.2) is 67.6 Å². The molecule has 4 N–H and O–H groups in total. The number of carbonyl (C=O) groups is 2. The van der Waals surface area contributed by atoms with E-state index in [-0.39, 0.29) is 42.9 Å². The van der Waals surface area contributed by atoms with Crippen LogP contribution in [0.4, 0.5) is 4.39 Å². The number of nitrogens with one attached hydrogen (secondary N) is 1. The smallest absolute Gasteiger partial charge is 0.250 e. The molecule has 1 saturated heterocycles. The number of piperidine rings is 1. The highest BCUT2D eigenvalue weighted by Gasteiger charge is 2.36. The second kappa shape index (κ2) is 9.59. The molecule has 3 rings (SSSR count). The molecule has 2 heterocycles. The SMILES string of the molecule is COc1c(-c2ccccn2)cc(F)cc1S(=O)(=O)N[C@@H](C(N)=O)C(=O)N1CCC(O)CC1.